The maximum atomic E-state index is 14.7. The Balaban J connectivity index is 1.84. The lowest BCUT2D eigenvalue weighted by Crippen LogP contribution is -2.40. The Morgan fingerprint density at radius 3 is 2.61 bits per heavy atom. The van der Waals surface area contributed by atoms with Crippen molar-refractivity contribution in [2.24, 2.45) is 15.9 Å². The minimum absolute atomic E-state index is 0.105. The van der Waals surface area contributed by atoms with Crippen LogP contribution in [-0.4, -0.2) is 39.7 Å². The van der Waals surface area contributed by atoms with E-state index < -0.39 is 16.5 Å². The van der Waals surface area contributed by atoms with Gasteiger partial charge in [0.2, 0.25) is 5.13 Å². The van der Waals surface area contributed by atoms with E-state index in [1.807, 2.05) is 44.3 Å². The summed E-state index contributed by atoms with van der Waals surface area (Å²) in [5.74, 6) is -0.626. The van der Waals surface area contributed by atoms with Crippen molar-refractivity contribution >= 4 is 39.1 Å². The second-order valence-electron chi connectivity index (χ2n) is 7.57. The van der Waals surface area contributed by atoms with Crippen molar-refractivity contribution in [3.8, 4) is 0 Å². The lowest BCUT2D eigenvalue weighted by atomic mass is 10.0. The molecule has 1 aliphatic heterocycles. The minimum Gasteiger partial charge on any atom is -0.386 e. The van der Waals surface area contributed by atoms with Gasteiger partial charge in [0.1, 0.15) is 32.4 Å². The number of amidine groups is 1. The number of rotatable bonds is 7. The molecule has 172 valence electrons. The zero-order valence-electron chi connectivity index (χ0n) is 18.4. The van der Waals surface area contributed by atoms with Crippen LogP contribution in [0.4, 0.5) is 13.9 Å². The Bertz CT molecular complexity index is 1190. The fraction of sp³-hybridized carbons (Fsp3) is 0.273. The van der Waals surface area contributed by atoms with E-state index in [-0.39, 0.29) is 5.56 Å². The van der Waals surface area contributed by atoms with E-state index in [4.69, 9.17) is 10.8 Å². The van der Waals surface area contributed by atoms with Crippen LogP contribution in [0.1, 0.15) is 29.5 Å². The van der Waals surface area contributed by atoms with Gasteiger partial charge >= 0.3 is 0 Å². The molecule has 1 aliphatic rings. The molecule has 0 saturated heterocycles. The predicted molar refractivity (Wildman–Crippen MR) is 130 cm³/mol. The van der Waals surface area contributed by atoms with Gasteiger partial charge in [-0.3, -0.25) is 5.01 Å². The van der Waals surface area contributed by atoms with Gasteiger partial charge < -0.3 is 5.73 Å². The quantitative estimate of drug-likeness (QED) is 0.300. The molecule has 0 saturated carbocycles. The van der Waals surface area contributed by atoms with Crippen LogP contribution in [0.2, 0.25) is 0 Å². The smallest absolute Gasteiger partial charge is 0.230 e. The number of nitrogens with zero attached hydrogens (tertiary/aromatic N) is 6. The molecule has 0 amide bonds. The van der Waals surface area contributed by atoms with E-state index in [0.29, 0.717) is 29.0 Å². The van der Waals surface area contributed by atoms with Crippen LogP contribution in [-0.2, 0) is 4.87 Å². The first-order valence-electron chi connectivity index (χ1n) is 10.2. The molecule has 0 aliphatic carbocycles. The van der Waals surface area contributed by atoms with Crippen LogP contribution in [0.3, 0.4) is 0 Å². The molecule has 2 heterocycles. The second kappa shape index (κ2) is 9.44. The Morgan fingerprint density at radius 2 is 1.94 bits per heavy atom. The first kappa shape index (κ1) is 23.1. The first-order chi connectivity index (χ1) is 15.8. The number of aromatic nitrogens is 2. The number of benzene rings is 2. The molecule has 0 fully saturated rings. The normalized spacial score (nSPS) is 18.5. The molecule has 4 rings (SSSR count). The maximum Gasteiger partial charge on any atom is 0.230 e. The number of aryl methyl sites for hydroxylation is 1. The summed E-state index contributed by atoms with van der Waals surface area (Å²) in [6, 6.07) is 13.2. The molecular weight excluding hydrogens is 464 g/mol. The topological polar surface area (TPSA) is 83.0 Å². The summed E-state index contributed by atoms with van der Waals surface area (Å²) in [6.45, 7) is 4.11. The van der Waals surface area contributed by atoms with E-state index in [0.717, 1.165) is 22.7 Å². The number of hydrogen-bond acceptors (Lipinski definition) is 8. The van der Waals surface area contributed by atoms with Crippen LogP contribution in [0.25, 0.3) is 0 Å². The largest absolute Gasteiger partial charge is 0.386 e. The van der Waals surface area contributed by atoms with Crippen LogP contribution in [0.5, 0.6) is 0 Å². The fourth-order valence-electron chi connectivity index (χ4n) is 3.55. The molecule has 1 unspecified atom stereocenters. The highest BCUT2D eigenvalue weighted by atomic mass is 32.2. The average molecular weight is 488 g/mol. The summed E-state index contributed by atoms with van der Waals surface area (Å²) in [6.07, 6.45) is 0.539. The van der Waals surface area contributed by atoms with Gasteiger partial charge in [-0.05, 0) is 37.6 Å². The Labute approximate surface area is 199 Å². The molecule has 2 aromatic carbocycles. The Morgan fingerprint density at radius 1 is 1.18 bits per heavy atom. The lowest BCUT2D eigenvalue weighted by Gasteiger charge is -2.36. The molecule has 11 heteroatoms. The predicted octanol–water partition coefficient (Wildman–Crippen LogP) is 4.51. The van der Waals surface area contributed by atoms with Crippen LogP contribution in [0.15, 0.2) is 58.7 Å². The highest BCUT2D eigenvalue weighted by molar-refractivity contribution is 8.15. The standard InChI is InChI=1S/C22H23F2N7S2/c1-14(25)28-30(3)12-11-22(16-7-5-4-6-8-16)31(21-27-26-15(2)32-21)29-20(33-22)18-13-17(23)9-10-19(18)24/h4-10,13H,11-12H2,1-3H3,(H2,25,28). The monoisotopic (exact) mass is 487 g/mol. The molecule has 3 aromatic rings. The van der Waals surface area contributed by atoms with E-state index in [2.05, 4.69) is 15.3 Å². The second-order valence-corrected chi connectivity index (χ2v) is 10.00. The van der Waals surface area contributed by atoms with E-state index in [1.54, 1.807) is 16.9 Å². The lowest BCUT2D eigenvalue weighted by molar-refractivity contribution is 0.323. The molecule has 1 aromatic heterocycles. The van der Waals surface area contributed by atoms with Gasteiger partial charge in [0.25, 0.3) is 0 Å². The maximum absolute atomic E-state index is 14.7. The molecule has 33 heavy (non-hydrogen) atoms. The first-order valence-corrected chi connectivity index (χ1v) is 11.8. The van der Waals surface area contributed by atoms with Crippen molar-refractivity contribution in [1.29, 1.82) is 0 Å². The summed E-state index contributed by atoms with van der Waals surface area (Å²) in [7, 11) is 1.84. The van der Waals surface area contributed by atoms with Gasteiger partial charge in [-0.25, -0.2) is 13.8 Å². The van der Waals surface area contributed by atoms with Crippen molar-refractivity contribution in [1.82, 2.24) is 15.2 Å². The summed E-state index contributed by atoms with van der Waals surface area (Å²) < 4.78 is 28.7. The van der Waals surface area contributed by atoms with Crippen molar-refractivity contribution in [2.75, 3.05) is 18.6 Å². The van der Waals surface area contributed by atoms with Gasteiger partial charge in [0.15, 0.2) is 0 Å². The SMILES string of the molecule is CC(N)=NN(C)CCC1(c2ccccc2)SC(c2cc(F)ccc2F)=NN1c1nnc(C)s1. The molecular formula is C22H23F2N7S2. The van der Waals surface area contributed by atoms with Gasteiger partial charge in [-0.1, -0.05) is 53.4 Å². The van der Waals surface area contributed by atoms with Gasteiger partial charge in [-0.2, -0.15) is 10.2 Å². The molecule has 1 atom stereocenters. The van der Waals surface area contributed by atoms with E-state index in [1.165, 1.54) is 29.2 Å². The third-order valence-corrected chi connectivity index (χ3v) is 7.24. The highest BCUT2D eigenvalue weighted by Gasteiger charge is 2.48. The molecule has 2 N–H and O–H groups in total. The number of hydrazone groups is 2. The molecule has 0 radical (unpaired) electrons. The van der Waals surface area contributed by atoms with E-state index >= 15 is 0 Å². The van der Waals surface area contributed by atoms with Crippen molar-refractivity contribution in [3.63, 3.8) is 0 Å². The van der Waals surface area contributed by atoms with Gasteiger partial charge in [0, 0.05) is 25.6 Å². The fourth-order valence-corrected chi connectivity index (χ4v) is 5.69. The minimum atomic E-state index is -0.784. The molecule has 7 nitrogen and oxygen atoms in total. The van der Waals surface area contributed by atoms with Crippen molar-refractivity contribution in [3.05, 3.63) is 76.3 Å². The van der Waals surface area contributed by atoms with Gasteiger partial charge in [0.05, 0.1) is 0 Å². The van der Waals surface area contributed by atoms with Crippen LogP contribution in [0, 0.1) is 18.6 Å². The number of nitrogens with two attached hydrogens (primary N) is 1. The summed E-state index contributed by atoms with van der Waals surface area (Å²) >= 11 is 2.75. The zero-order valence-corrected chi connectivity index (χ0v) is 20.0. The number of anilines is 1. The highest BCUT2D eigenvalue weighted by Crippen LogP contribution is 2.52. The third kappa shape index (κ3) is 4.83. The van der Waals surface area contributed by atoms with Crippen molar-refractivity contribution in [2.45, 2.75) is 25.1 Å². The average Bonchev–Trinajstić information content (AvgIpc) is 3.38. The van der Waals surface area contributed by atoms with E-state index in [9.17, 15) is 8.78 Å². The number of halogens is 2. The van der Waals surface area contributed by atoms with Crippen LogP contribution >= 0.6 is 23.1 Å². The Hall–Kier alpha value is -3.05. The number of thioether (sulfide) groups is 1. The van der Waals surface area contributed by atoms with Gasteiger partial charge in [-0.15, -0.1) is 10.2 Å². The summed E-state index contributed by atoms with van der Waals surface area (Å²) in [5, 5.41) is 22.7. The third-order valence-electron chi connectivity index (χ3n) is 4.98. The van der Waals surface area contributed by atoms with Crippen molar-refractivity contribution < 1.29 is 8.78 Å². The number of hydrogen-bond donors (Lipinski definition) is 1. The molecule has 0 bridgehead atoms. The molecule has 0 spiro atoms. The zero-order chi connectivity index (χ0) is 23.6. The summed E-state index contributed by atoms with van der Waals surface area (Å²) in [4.78, 5) is -0.784. The van der Waals surface area contributed by atoms with Crippen LogP contribution < -0.4 is 10.7 Å². The Kier molecular flexibility index (Phi) is 6.61. The summed E-state index contributed by atoms with van der Waals surface area (Å²) in [5.41, 5.74) is 6.80.